The lowest BCUT2D eigenvalue weighted by Gasteiger charge is -2.15. The highest BCUT2D eigenvalue weighted by Crippen LogP contribution is 2.19. The highest BCUT2D eigenvalue weighted by atomic mass is 35.5. The fourth-order valence-electron chi connectivity index (χ4n) is 2.07. The number of halogens is 1. The molecule has 2 rings (SSSR count). The van der Waals surface area contributed by atoms with Crippen molar-refractivity contribution in [3.8, 4) is 11.4 Å². The molecule has 0 radical (unpaired) electrons. The average Bonchev–Trinajstić information content (AvgIpc) is 3.01. The predicted molar refractivity (Wildman–Crippen MR) is 87.6 cm³/mol. The third-order valence-corrected chi connectivity index (χ3v) is 3.69. The largest absolute Gasteiger partial charge is 0.481 e. The summed E-state index contributed by atoms with van der Waals surface area (Å²) in [5.41, 5.74) is 0.784. The van der Waals surface area contributed by atoms with Gasteiger partial charge in [0.15, 0.2) is 0 Å². The quantitative estimate of drug-likeness (QED) is 0.785. The molecule has 1 aromatic carbocycles. The first kappa shape index (κ1) is 17.9. The number of carbonyl (C=O) groups is 2. The summed E-state index contributed by atoms with van der Waals surface area (Å²) in [6.45, 7) is 0.408. The molecule has 1 heterocycles. The zero-order valence-electron chi connectivity index (χ0n) is 13.2. The number of rotatable bonds is 8. The first-order valence-electron chi connectivity index (χ1n) is 7.50. The molecule has 0 spiro atoms. The molecule has 0 saturated heterocycles. The van der Waals surface area contributed by atoms with E-state index in [1.54, 1.807) is 31.3 Å². The number of benzene rings is 1. The molecule has 128 valence electrons. The smallest absolute Gasteiger partial charge is 0.303 e. The lowest BCUT2D eigenvalue weighted by atomic mass is 10.2. The number of aliphatic carboxylic acids is 1. The van der Waals surface area contributed by atoms with Gasteiger partial charge in [0, 0.05) is 43.4 Å². The van der Waals surface area contributed by atoms with Gasteiger partial charge >= 0.3 is 5.97 Å². The molecular formula is C16H18ClN3O4. The van der Waals surface area contributed by atoms with Crippen LogP contribution in [0, 0.1) is 0 Å². The summed E-state index contributed by atoms with van der Waals surface area (Å²) >= 11 is 5.83. The molecular weight excluding hydrogens is 334 g/mol. The second-order valence-corrected chi connectivity index (χ2v) is 5.77. The molecule has 0 aliphatic carbocycles. The third-order valence-electron chi connectivity index (χ3n) is 3.43. The van der Waals surface area contributed by atoms with Crippen molar-refractivity contribution >= 4 is 23.5 Å². The Balaban J connectivity index is 1.83. The van der Waals surface area contributed by atoms with E-state index < -0.39 is 5.97 Å². The van der Waals surface area contributed by atoms with Gasteiger partial charge in [-0.15, -0.1) is 0 Å². The van der Waals surface area contributed by atoms with Gasteiger partial charge in [-0.1, -0.05) is 16.8 Å². The van der Waals surface area contributed by atoms with E-state index in [9.17, 15) is 9.59 Å². The Morgan fingerprint density at radius 3 is 2.62 bits per heavy atom. The van der Waals surface area contributed by atoms with E-state index in [1.807, 2.05) is 0 Å². The van der Waals surface area contributed by atoms with Crippen molar-refractivity contribution in [1.82, 2.24) is 15.0 Å². The van der Waals surface area contributed by atoms with Crippen molar-refractivity contribution in [3.63, 3.8) is 0 Å². The van der Waals surface area contributed by atoms with Crippen molar-refractivity contribution in [1.29, 1.82) is 0 Å². The van der Waals surface area contributed by atoms with Crippen LogP contribution in [0.4, 0.5) is 0 Å². The van der Waals surface area contributed by atoms with Gasteiger partial charge < -0.3 is 14.5 Å². The molecule has 0 unspecified atom stereocenters. The van der Waals surface area contributed by atoms with Crippen LogP contribution in [0.15, 0.2) is 28.8 Å². The molecule has 1 amide bonds. The summed E-state index contributed by atoms with van der Waals surface area (Å²) in [6.07, 6.45) is 1.04. The van der Waals surface area contributed by atoms with Gasteiger partial charge in [0.1, 0.15) is 0 Å². The minimum absolute atomic E-state index is 0.0474. The van der Waals surface area contributed by atoms with Gasteiger partial charge in [0.2, 0.25) is 17.6 Å². The fraction of sp³-hybridized carbons (Fsp3) is 0.375. The number of aryl methyl sites for hydroxylation is 1. The predicted octanol–water partition coefficient (Wildman–Crippen LogP) is 2.65. The third kappa shape index (κ3) is 5.34. The maximum absolute atomic E-state index is 12.0. The van der Waals surface area contributed by atoms with Gasteiger partial charge in [-0.2, -0.15) is 4.98 Å². The van der Waals surface area contributed by atoms with Crippen LogP contribution < -0.4 is 0 Å². The van der Waals surface area contributed by atoms with E-state index in [0.29, 0.717) is 36.1 Å². The molecule has 7 nitrogen and oxygen atoms in total. The van der Waals surface area contributed by atoms with Crippen LogP contribution in [0.25, 0.3) is 11.4 Å². The Morgan fingerprint density at radius 1 is 1.25 bits per heavy atom. The monoisotopic (exact) mass is 351 g/mol. The zero-order chi connectivity index (χ0) is 17.5. The Morgan fingerprint density at radius 2 is 1.96 bits per heavy atom. The van der Waals surface area contributed by atoms with E-state index in [0.717, 1.165) is 5.56 Å². The second-order valence-electron chi connectivity index (χ2n) is 5.33. The number of carboxylic acid groups (broad SMARTS) is 1. The molecule has 0 aliphatic rings. The van der Waals surface area contributed by atoms with Gasteiger partial charge in [-0.3, -0.25) is 9.59 Å². The Kier molecular flexibility index (Phi) is 6.31. The van der Waals surface area contributed by atoms with Crippen molar-refractivity contribution in [2.24, 2.45) is 0 Å². The van der Waals surface area contributed by atoms with Crippen LogP contribution in [-0.2, 0) is 16.0 Å². The van der Waals surface area contributed by atoms with E-state index in [-0.39, 0.29) is 18.7 Å². The molecule has 8 heteroatoms. The van der Waals surface area contributed by atoms with Gasteiger partial charge in [-0.05, 0) is 30.7 Å². The van der Waals surface area contributed by atoms with Crippen LogP contribution in [0.2, 0.25) is 5.02 Å². The van der Waals surface area contributed by atoms with E-state index in [2.05, 4.69) is 10.1 Å². The normalized spacial score (nSPS) is 10.6. The van der Waals surface area contributed by atoms with Gasteiger partial charge in [0.25, 0.3) is 0 Å². The fourth-order valence-corrected chi connectivity index (χ4v) is 2.20. The number of hydrogen-bond donors (Lipinski definition) is 1. The SMILES string of the molecule is CN(CCCC(=O)O)C(=O)CCc1nc(-c2ccc(Cl)cc2)no1. The summed E-state index contributed by atoms with van der Waals surface area (Å²) in [4.78, 5) is 28.2. The van der Waals surface area contributed by atoms with Crippen LogP contribution >= 0.6 is 11.6 Å². The molecule has 0 bridgehead atoms. The Hall–Kier alpha value is -2.41. The molecule has 0 saturated carbocycles. The molecule has 24 heavy (non-hydrogen) atoms. The number of nitrogens with zero attached hydrogens (tertiary/aromatic N) is 3. The zero-order valence-corrected chi connectivity index (χ0v) is 14.0. The standard InChI is InChI=1S/C16H18ClN3O4/c1-20(10-2-3-15(22)23)14(21)9-8-13-18-16(19-24-13)11-4-6-12(17)7-5-11/h4-7H,2-3,8-10H2,1H3,(H,22,23). The number of carbonyl (C=O) groups excluding carboxylic acids is 1. The maximum atomic E-state index is 12.0. The minimum Gasteiger partial charge on any atom is -0.481 e. The molecule has 0 fully saturated rings. The minimum atomic E-state index is -0.864. The summed E-state index contributed by atoms with van der Waals surface area (Å²) < 4.78 is 5.15. The number of amides is 1. The molecule has 1 N–H and O–H groups in total. The van der Waals surface area contributed by atoms with Crippen molar-refractivity contribution in [2.45, 2.75) is 25.7 Å². The highest BCUT2D eigenvalue weighted by molar-refractivity contribution is 6.30. The van der Waals surface area contributed by atoms with Crippen molar-refractivity contribution in [2.75, 3.05) is 13.6 Å². The molecule has 1 aromatic heterocycles. The topological polar surface area (TPSA) is 96.5 Å². The molecule has 2 aromatic rings. The van der Waals surface area contributed by atoms with Crippen molar-refractivity contribution in [3.05, 3.63) is 35.2 Å². The number of hydrogen-bond acceptors (Lipinski definition) is 5. The summed E-state index contributed by atoms with van der Waals surface area (Å²) in [5, 5.41) is 13.1. The van der Waals surface area contributed by atoms with Crippen molar-refractivity contribution < 1.29 is 19.2 Å². The molecule has 0 atom stereocenters. The van der Waals surface area contributed by atoms with Crippen LogP contribution in [0.3, 0.4) is 0 Å². The summed E-state index contributed by atoms with van der Waals surface area (Å²) in [5.74, 6) is -0.126. The number of aromatic nitrogens is 2. The molecule has 0 aliphatic heterocycles. The summed E-state index contributed by atoms with van der Waals surface area (Å²) in [7, 11) is 1.65. The van der Waals surface area contributed by atoms with Crippen LogP contribution in [0.1, 0.15) is 25.2 Å². The first-order chi connectivity index (χ1) is 11.5. The van der Waals surface area contributed by atoms with Crippen LogP contribution in [-0.4, -0.2) is 45.6 Å². The van der Waals surface area contributed by atoms with Gasteiger partial charge in [0.05, 0.1) is 0 Å². The second kappa shape index (κ2) is 8.44. The maximum Gasteiger partial charge on any atom is 0.303 e. The lowest BCUT2D eigenvalue weighted by Crippen LogP contribution is -2.28. The Bertz CT molecular complexity index is 700. The summed E-state index contributed by atoms with van der Waals surface area (Å²) in [6, 6.07) is 7.06. The van der Waals surface area contributed by atoms with Crippen LogP contribution in [0.5, 0.6) is 0 Å². The number of carboxylic acids is 1. The van der Waals surface area contributed by atoms with E-state index in [1.165, 1.54) is 4.90 Å². The van der Waals surface area contributed by atoms with Gasteiger partial charge in [-0.25, -0.2) is 0 Å². The lowest BCUT2D eigenvalue weighted by molar-refractivity contribution is -0.138. The average molecular weight is 352 g/mol. The van der Waals surface area contributed by atoms with E-state index >= 15 is 0 Å². The first-order valence-corrected chi connectivity index (χ1v) is 7.88. The van der Waals surface area contributed by atoms with E-state index in [4.69, 9.17) is 21.2 Å². The Labute approximate surface area is 144 Å². The highest BCUT2D eigenvalue weighted by Gasteiger charge is 2.13.